The Kier molecular flexibility index (Phi) is 4.97. The molecule has 24 heavy (non-hydrogen) atoms. The normalized spacial score (nSPS) is 10.3. The summed E-state index contributed by atoms with van der Waals surface area (Å²) in [6, 6.07) is 17.9. The molecule has 1 N–H and O–H groups in total. The molecule has 3 aromatic rings. The van der Waals surface area contributed by atoms with Gasteiger partial charge in [-0.05, 0) is 34.7 Å². The van der Waals surface area contributed by atoms with Crippen LogP contribution in [0.1, 0.15) is 10.4 Å². The Morgan fingerprint density at radius 1 is 1.00 bits per heavy atom. The molecule has 0 bridgehead atoms. The number of hydrogen-bond donors (Lipinski definition) is 1. The van der Waals surface area contributed by atoms with E-state index in [2.05, 4.69) is 20.8 Å². The first kappa shape index (κ1) is 15.9. The molecule has 0 atom stereocenters. The molecule has 7 nitrogen and oxygen atoms in total. The molecule has 120 valence electrons. The van der Waals surface area contributed by atoms with Gasteiger partial charge in [-0.3, -0.25) is 14.9 Å². The number of carbonyl (C=O) groups is 2. The Bertz CT molecular complexity index is 836. The Hall–Kier alpha value is -3.00. The molecule has 0 radical (unpaired) electrons. The zero-order valence-electron chi connectivity index (χ0n) is 12.5. The highest BCUT2D eigenvalue weighted by Gasteiger charge is 2.14. The summed E-state index contributed by atoms with van der Waals surface area (Å²) in [5.41, 5.74) is 1.23. The zero-order valence-corrected chi connectivity index (χ0v) is 13.3. The van der Waals surface area contributed by atoms with E-state index in [1.54, 1.807) is 30.3 Å². The average molecular weight is 339 g/mol. The number of hydrogen-bond acceptors (Lipinski definition) is 6. The van der Waals surface area contributed by atoms with Gasteiger partial charge in [-0.1, -0.05) is 48.2 Å². The second kappa shape index (κ2) is 7.51. The molecule has 0 fully saturated rings. The van der Waals surface area contributed by atoms with Crippen molar-refractivity contribution in [1.82, 2.24) is 25.5 Å². The van der Waals surface area contributed by atoms with Gasteiger partial charge in [0.15, 0.2) is 0 Å². The minimum Gasteiger partial charge on any atom is -0.292 e. The number of nitrogens with one attached hydrogen (secondary N) is 1. The number of benzene rings is 2. The van der Waals surface area contributed by atoms with Crippen molar-refractivity contribution in [3.8, 4) is 5.69 Å². The number of nitrogens with zero attached hydrogens (tertiary/aromatic N) is 4. The van der Waals surface area contributed by atoms with Gasteiger partial charge in [0.05, 0.1) is 11.4 Å². The van der Waals surface area contributed by atoms with Gasteiger partial charge in [-0.15, -0.1) is 5.10 Å². The lowest BCUT2D eigenvalue weighted by Crippen LogP contribution is -2.31. The van der Waals surface area contributed by atoms with Crippen molar-refractivity contribution in [3.63, 3.8) is 0 Å². The lowest BCUT2D eigenvalue weighted by molar-refractivity contribution is -0.117. The minimum atomic E-state index is -0.427. The third-order valence-corrected chi connectivity index (χ3v) is 3.98. The molecule has 0 aliphatic heterocycles. The van der Waals surface area contributed by atoms with E-state index in [1.807, 2.05) is 30.3 Å². The van der Waals surface area contributed by atoms with Crippen LogP contribution in [0.3, 0.4) is 0 Å². The largest absolute Gasteiger partial charge is 0.292 e. The van der Waals surface area contributed by atoms with E-state index in [0.717, 1.165) is 17.4 Å². The van der Waals surface area contributed by atoms with Crippen molar-refractivity contribution in [2.45, 2.75) is 5.16 Å². The molecule has 2 amide bonds. The monoisotopic (exact) mass is 339 g/mol. The maximum atomic E-state index is 11.9. The van der Waals surface area contributed by atoms with E-state index in [-0.39, 0.29) is 5.75 Å². The van der Waals surface area contributed by atoms with E-state index < -0.39 is 11.8 Å². The summed E-state index contributed by atoms with van der Waals surface area (Å²) in [6.07, 6.45) is 0. The molecule has 2 aromatic carbocycles. The summed E-state index contributed by atoms with van der Waals surface area (Å²) < 4.78 is 1.54. The Morgan fingerprint density at radius 2 is 1.67 bits per heavy atom. The molecule has 0 unspecified atom stereocenters. The third kappa shape index (κ3) is 3.85. The van der Waals surface area contributed by atoms with Gasteiger partial charge in [0.2, 0.25) is 11.1 Å². The van der Waals surface area contributed by atoms with Crippen molar-refractivity contribution in [1.29, 1.82) is 0 Å². The molecule has 1 heterocycles. The lowest BCUT2D eigenvalue weighted by Gasteiger charge is -2.05. The molecular formula is C16H13N5O2S. The predicted octanol–water partition coefficient (Wildman–Crippen LogP) is 1.71. The summed E-state index contributed by atoms with van der Waals surface area (Å²) in [7, 11) is 0. The van der Waals surface area contributed by atoms with Crippen molar-refractivity contribution in [2.75, 3.05) is 5.75 Å². The van der Waals surface area contributed by atoms with Crippen LogP contribution in [0.4, 0.5) is 0 Å². The van der Waals surface area contributed by atoms with Gasteiger partial charge in [-0.25, -0.2) is 0 Å². The number of thioether (sulfide) groups is 1. The highest BCUT2D eigenvalue weighted by atomic mass is 32.2. The third-order valence-electron chi connectivity index (χ3n) is 3.06. The van der Waals surface area contributed by atoms with Crippen LogP contribution >= 0.6 is 11.8 Å². The smallest absolute Gasteiger partial charge is 0.257 e. The van der Waals surface area contributed by atoms with Crippen molar-refractivity contribution >= 4 is 23.6 Å². The Morgan fingerprint density at radius 3 is 2.38 bits per heavy atom. The van der Waals surface area contributed by atoms with Gasteiger partial charge >= 0.3 is 0 Å². The lowest BCUT2D eigenvalue weighted by atomic mass is 10.2. The molecule has 1 aromatic heterocycles. The van der Waals surface area contributed by atoms with Crippen LogP contribution in [-0.4, -0.2) is 37.8 Å². The summed E-state index contributed by atoms with van der Waals surface area (Å²) in [5.74, 6) is -0.800. The van der Waals surface area contributed by atoms with Gasteiger partial charge in [0.25, 0.3) is 5.91 Å². The molecular weight excluding hydrogens is 326 g/mol. The number of para-hydroxylation sites is 1. The van der Waals surface area contributed by atoms with Crippen molar-refractivity contribution < 1.29 is 9.59 Å². The molecule has 0 aliphatic rings. The maximum absolute atomic E-state index is 11.9. The van der Waals surface area contributed by atoms with Gasteiger partial charge < -0.3 is 0 Å². The topological polar surface area (TPSA) is 89.8 Å². The van der Waals surface area contributed by atoms with Gasteiger partial charge in [0, 0.05) is 5.56 Å². The van der Waals surface area contributed by atoms with Crippen LogP contribution < -0.4 is 5.32 Å². The first-order valence-electron chi connectivity index (χ1n) is 7.10. The molecule has 3 rings (SSSR count). The highest BCUT2D eigenvalue weighted by molar-refractivity contribution is 7.99. The number of imide groups is 1. The average Bonchev–Trinajstić information content (AvgIpc) is 3.10. The second-order valence-corrected chi connectivity index (χ2v) is 5.68. The van der Waals surface area contributed by atoms with Crippen molar-refractivity contribution in [2.24, 2.45) is 0 Å². The second-order valence-electron chi connectivity index (χ2n) is 4.74. The van der Waals surface area contributed by atoms with E-state index in [1.165, 1.54) is 4.68 Å². The van der Waals surface area contributed by atoms with Crippen LogP contribution in [-0.2, 0) is 4.79 Å². The standard InChI is InChI=1S/C16H13N5O2S/c22-14(17-15(23)12-7-3-1-4-8-12)11-24-16-18-19-20-21(16)13-9-5-2-6-10-13/h1-10H,11H2,(H,17,22,23). The molecule has 0 spiro atoms. The number of aromatic nitrogens is 4. The van der Waals surface area contributed by atoms with E-state index in [0.29, 0.717) is 10.7 Å². The summed E-state index contributed by atoms with van der Waals surface area (Å²) >= 11 is 1.16. The molecule has 0 saturated carbocycles. The van der Waals surface area contributed by atoms with Crippen LogP contribution in [0.15, 0.2) is 65.8 Å². The maximum Gasteiger partial charge on any atom is 0.257 e. The quantitative estimate of drug-likeness (QED) is 0.712. The predicted molar refractivity (Wildman–Crippen MR) is 88.8 cm³/mol. The number of amides is 2. The van der Waals surface area contributed by atoms with Crippen LogP contribution in [0.2, 0.25) is 0 Å². The highest BCUT2D eigenvalue weighted by Crippen LogP contribution is 2.17. The van der Waals surface area contributed by atoms with Crippen LogP contribution in [0.5, 0.6) is 0 Å². The fourth-order valence-electron chi connectivity index (χ4n) is 1.95. The van der Waals surface area contributed by atoms with Crippen LogP contribution in [0, 0.1) is 0 Å². The number of rotatable bonds is 5. The van der Waals surface area contributed by atoms with E-state index in [9.17, 15) is 9.59 Å². The molecule has 8 heteroatoms. The van der Waals surface area contributed by atoms with E-state index in [4.69, 9.17) is 0 Å². The molecule has 0 aliphatic carbocycles. The Balaban J connectivity index is 1.60. The summed E-state index contributed by atoms with van der Waals surface area (Å²) in [6.45, 7) is 0. The first-order chi connectivity index (χ1) is 11.7. The number of tetrazole rings is 1. The summed E-state index contributed by atoms with van der Waals surface area (Å²) in [4.78, 5) is 23.9. The van der Waals surface area contributed by atoms with Gasteiger partial charge in [-0.2, -0.15) is 4.68 Å². The molecule has 0 saturated heterocycles. The Labute approximate surface area is 142 Å². The van der Waals surface area contributed by atoms with Gasteiger partial charge in [0.1, 0.15) is 0 Å². The SMILES string of the molecule is O=C(CSc1nnnn1-c1ccccc1)NC(=O)c1ccccc1. The fraction of sp³-hybridized carbons (Fsp3) is 0.0625. The van der Waals surface area contributed by atoms with Crippen LogP contribution in [0.25, 0.3) is 5.69 Å². The minimum absolute atomic E-state index is 0.0335. The van der Waals surface area contributed by atoms with E-state index >= 15 is 0 Å². The number of carbonyl (C=O) groups excluding carboxylic acids is 2. The zero-order chi connectivity index (χ0) is 16.8. The van der Waals surface area contributed by atoms with Crippen molar-refractivity contribution in [3.05, 3.63) is 66.2 Å². The first-order valence-corrected chi connectivity index (χ1v) is 8.08. The summed E-state index contributed by atoms with van der Waals surface area (Å²) in [5, 5.41) is 14.3. The fourth-order valence-corrected chi connectivity index (χ4v) is 2.65.